The first-order valence-corrected chi connectivity index (χ1v) is 5.84. The first-order valence-electron chi connectivity index (χ1n) is 5.84. The zero-order chi connectivity index (χ0) is 12.3. The molecule has 4 nitrogen and oxygen atoms in total. The van der Waals surface area contributed by atoms with E-state index in [-0.39, 0.29) is 30.1 Å². The van der Waals surface area contributed by atoms with Crippen LogP contribution >= 0.6 is 12.4 Å². The third-order valence-electron chi connectivity index (χ3n) is 3.15. The zero-order valence-electron chi connectivity index (χ0n) is 9.93. The molecular weight excluding hydrogens is 257 g/mol. The average molecular weight is 274 g/mol. The molecule has 2 rings (SSSR count). The van der Waals surface area contributed by atoms with Gasteiger partial charge in [0.2, 0.25) is 0 Å². The van der Waals surface area contributed by atoms with E-state index in [4.69, 9.17) is 5.73 Å². The van der Waals surface area contributed by atoms with Gasteiger partial charge in [0, 0.05) is 18.3 Å². The predicted molar refractivity (Wildman–Crippen MR) is 69.1 cm³/mol. The monoisotopic (exact) mass is 273 g/mol. The van der Waals surface area contributed by atoms with Crippen LogP contribution in [0.25, 0.3) is 0 Å². The van der Waals surface area contributed by atoms with Gasteiger partial charge in [0.1, 0.15) is 0 Å². The maximum absolute atomic E-state index is 13.3. The van der Waals surface area contributed by atoms with E-state index in [2.05, 4.69) is 10.3 Å². The van der Waals surface area contributed by atoms with Gasteiger partial charge in [0.15, 0.2) is 5.82 Å². The highest BCUT2D eigenvalue weighted by molar-refractivity contribution is 5.94. The molecule has 1 heterocycles. The number of carbonyl (C=O) groups excluding carboxylic acids is 1. The van der Waals surface area contributed by atoms with Crippen LogP contribution < -0.4 is 11.1 Å². The van der Waals surface area contributed by atoms with Crippen molar-refractivity contribution in [2.24, 2.45) is 5.73 Å². The number of aromatic nitrogens is 1. The lowest BCUT2D eigenvalue weighted by atomic mass is 9.91. The number of rotatable bonds is 2. The van der Waals surface area contributed by atoms with Gasteiger partial charge in [-0.3, -0.25) is 9.78 Å². The molecule has 1 saturated carbocycles. The number of carbonyl (C=O) groups is 1. The third-order valence-corrected chi connectivity index (χ3v) is 3.15. The van der Waals surface area contributed by atoms with E-state index in [1.165, 1.54) is 12.3 Å². The summed E-state index contributed by atoms with van der Waals surface area (Å²) in [6.07, 6.45) is 6.35. The third kappa shape index (κ3) is 3.40. The summed E-state index contributed by atoms with van der Waals surface area (Å²) in [5.74, 6) is -1.01. The van der Waals surface area contributed by atoms with Crippen molar-refractivity contribution in [3.8, 4) is 0 Å². The normalized spacial score (nSPS) is 23.0. The van der Waals surface area contributed by atoms with Crippen LogP contribution in [0, 0.1) is 5.82 Å². The minimum atomic E-state index is -0.602. The standard InChI is InChI=1S/C12H16FN3O.ClH/c13-9-7-15-6-5-8(9)12(17)16-11-4-2-1-3-10(11)14;/h5-7,10-11H,1-4,14H2,(H,16,17);1H/t10-,11-;/m1./s1. The lowest BCUT2D eigenvalue weighted by Crippen LogP contribution is -2.49. The smallest absolute Gasteiger partial charge is 0.254 e. The molecule has 2 atom stereocenters. The van der Waals surface area contributed by atoms with Crippen molar-refractivity contribution in [3.05, 3.63) is 29.8 Å². The van der Waals surface area contributed by atoms with Crippen LogP contribution in [-0.2, 0) is 0 Å². The molecule has 1 aliphatic rings. The average Bonchev–Trinajstić information content (AvgIpc) is 2.32. The lowest BCUT2D eigenvalue weighted by Gasteiger charge is -2.29. The van der Waals surface area contributed by atoms with Crippen molar-refractivity contribution in [1.29, 1.82) is 0 Å². The molecule has 0 bridgehead atoms. The van der Waals surface area contributed by atoms with Crippen LogP contribution in [0.5, 0.6) is 0 Å². The van der Waals surface area contributed by atoms with Crippen LogP contribution in [-0.4, -0.2) is 23.0 Å². The lowest BCUT2D eigenvalue weighted by molar-refractivity contribution is 0.0917. The van der Waals surface area contributed by atoms with Crippen LogP contribution in [0.1, 0.15) is 36.0 Å². The number of nitrogens with zero attached hydrogens (tertiary/aromatic N) is 1. The number of amides is 1. The molecule has 1 fully saturated rings. The van der Waals surface area contributed by atoms with Crippen molar-refractivity contribution in [1.82, 2.24) is 10.3 Å². The topological polar surface area (TPSA) is 68.0 Å². The molecule has 0 unspecified atom stereocenters. The Hall–Kier alpha value is -1.20. The Labute approximate surface area is 112 Å². The quantitative estimate of drug-likeness (QED) is 0.861. The second-order valence-corrected chi connectivity index (χ2v) is 4.38. The van der Waals surface area contributed by atoms with Gasteiger partial charge in [-0.05, 0) is 18.9 Å². The fraction of sp³-hybridized carbons (Fsp3) is 0.500. The number of hydrogen-bond donors (Lipinski definition) is 2. The molecule has 1 aromatic rings. The minimum Gasteiger partial charge on any atom is -0.348 e. The predicted octanol–water partition coefficient (Wildman–Crippen LogP) is 1.64. The number of nitrogens with two attached hydrogens (primary N) is 1. The summed E-state index contributed by atoms with van der Waals surface area (Å²) >= 11 is 0. The Kier molecular flexibility index (Phi) is 5.50. The Balaban J connectivity index is 0.00000162. The molecule has 3 N–H and O–H groups in total. The molecule has 18 heavy (non-hydrogen) atoms. The first-order chi connectivity index (χ1) is 8.18. The maximum Gasteiger partial charge on any atom is 0.254 e. The highest BCUT2D eigenvalue weighted by Crippen LogP contribution is 2.17. The second kappa shape index (κ2) is 6.66. The molecule has 0 spiro atoms. The van der Waals surface area contributed by atoms with Gasteiger partial charge in [0.05, 0.1) is 11.8 Å². The highest BCUT2D eigenvalue weighted by atomic mass is 35.5. The van der Waals surface area contributed by atoms with E-state index in [1.807, 2.05) is 0 Å². The summed E-state index contributed by atoms with van der Waals surface area (Å²) in [4.78, 5) is 15.5. The van der Waals surface area contributed by atoms with Gasteiger partial charge in [-0.2, -0.15) is 0 Å². The maximum atomic E-state index is 13.3. The summed E-state index contributed by atoms with van der Waals surface area (Å²) in [6.45, 7) is 0. The largest absolute Gasteiger partial charge is 0.348 e. The van der Waals surface area contributed by atoms with Crippen molar-refractivity contribution in [2.75, 3.05) is 0 Å². The van der Waals surface area contributed by atoms with E-state index in [0.717, 1.165) is 31.9 Å². The second-order valence-electron chi connectivity index (χ2n) is 4.38. The van der Waals surface area contributed by atoms with Crippen molar-refractivity contribution >= 4 is 18.3 Å². The van der Waals surface area contributed by atoms with E-state index in [9.17, 15) is 9.18 Å². The molecule has 6 heteroatoms. The first kappa shape index (κ1) is 14.9. The molecule has 0 aliphatic heterocycles. The van der Waals surface area contributed by atoms with Crippen LogP contribution in [0.2, 0.25) is 0 Å². The van der Waals surface area contributed by atoms with Crippen LogP contribution in [0.15, 0.2) is 18.5 Å². The van der Waals surface area contributed by atoms with E-state index in [1.54, 1.807) is 0 Å². The number of hydrogen-bond acceptors (Lipinski definition) is 3. The van der Waals surface area contributed by atoms with Crippen molar-refractivity contribution in [2.45, 2.75) is 37.8 Å². The number of pyridine rings is 1. The SMILES string of the molecule is Cl.N[C@@H]1CCCC[C@H]1NC(=O)c1ccncc1F. The van der Waals surface area contributed by atoms with Gasteiger partial charge in [-0.15, -0.1) is 12.4 Å². The summed E-state index contributed by atoms with van der Waals surface area (Å²) < 4.78 is 13.3. The Morgan fingerprint density at radius 1 is 1.44 bits per heavy atom. The Morgan fingerprint density at radius 2 is 2.17 bits per heavy atom. The van der Waals surface area contributed by atoms with Gasteiger partial charge in [0.25, 0.3) is 5.91 Å². The van der Waals surface area contributed by atoms with Crippen LogP contribution in [0.4, 0.5) is 4.39 Å². The number of nitrogens with one attached hydrogen (secondary N) is 1. The zero-order valence-corrected chi connectivity index (χ0v) is 10.8. The van der Waals surface area contributed by atoms with Gasteiger partial charge in [-0.25, -0.2) is 4.39 Å². The summed E-state index contributed by atoms with van der Waals surface area (Å²) in [6, 6.07) is 1.29. The minimum absolute atomic E-state index is 0. The number of halogens is 2. The van der Waals surface area contributed by atoms with Gasteiger partial charge in [-0.1, -0.05) is 12.8 Å². The van der Waals surface area contributed by atoms with E-state index >= 15 is 0 Å². The van der Waals surface area contributed by atoms with Crippen molar-refractivity contribution in [3.63, 3.8) is 0 Å². The molecule has 0 aromatic carbocycles. The fourth-order valence-electron chi connectivity index (χ4n) is 2.14. The van der Waals surface area contributed by atoms with Gasteiger partial charge >= 0.3 is 0 Å². The Morgan fingerprint density at radius 3 is 2.83 bits per heavy atom. The molecule has 1 aromatic heterocycles. The summed E-state index contributed by atoms with van der Waals surface area (Å²) in [5.41, 5.74) is 5.95. The van der Waals surface area contributed by atoms with Crippen molar-refractivity contribution < 1.29 is 9.18 Å². The summed E-state index contributed by atoms with van der Waals surface area (Å²) in [7, 11) is 0. The molecule has 100 valence electrons. The fourth-order valence-corrected chi connectivity index (χ4v) is 2.14. The molecule has 1 aliphatic carbocycles. The molecular formula is C12H17ClFN3O. The highest BCUT2D eigenvalue weighted by Gasteiger charge is 2.24. The Bertz CT molecular complexity index is 416. The molecule has 0 saturated heterocycles. The molecule has 0 radical (unpaired) electrons. The molecule has 1 amide bonds. The van der Waals surface area contributed by atoms with Crippen LogP contribution in [0.3, 0.4) is 0 Å². The van der Waals surface area contributed by atoms with E-state index in [0.29, 0.717) is 0 Å². The van der Waals surface area contributed by atoms with Gasteiger partial charge < -0.3 is 11.1 Å². The van der Waals surface area contributed by atoms with E-state index < -0.39 is 11.7 Å². The summed E-state index contributed by atoms with van der Waals surface area (Å²) in [5, 5.41) is 2.79.